The van der Waals surface area contributed by atoms with Gasteiger partial charge in [0.05, 0.1) is 0 Å². The molecule has 142 valence electrons. The Morgan fingerprint density at radius 1 is 0.440 bits per heavy atom. The molecule has 0 aliphatic carbocycles. The molecule has 0 radical (unpaired) electrons. The van der Waals surface area contributed by atoms with Crippen LogP contribution in [0.3, 0.4) is 0 Å². The van der Waals surface area contributed by atoms with Crippen LogP contribution in [0.2, 0.25) is 0 Å². The Balaban J connectivity index is -0.000000287. The first-order valence-electron chi connectivity index (χ1n) is 8.29. The molecule has 25 heavy (non-hydrogen) atoms. The smallest absolute Gasteiger partial charge is 0.668 e. The molecule has 0 amide bonds. The van der Waals surface area contributed by atoms with Gasteiger partial charge in [-0.15, -0.1) is 16.4 Å². The van der Waals surface area contributed by atoms with Gasteiger partial charge in [-0.3, -0.25) is 0 Å². The first-order valence-corrected chi connectivity index (χ1v) is 10.3. The first kappa shape index (κ1) is 30.1. The Morgan fingerprint density at radius 3 is 0.600 bits per heavy atom. The second kappa shape index (κ2) is 16.5. The van der Waals surface area contributed by atoms with Crippen molar-refractivity contribution in [2.45, 2.75) is 55.4 Å². The maximum absolute atomic E-state index is 3.50. The second-order valence-corrected chi connectivity index (χ2v) is 9.64. The van der Waals surface area contributed by atoms with E-state index in [9.17, 15) is 0 Å². The molecule has 0 saturated heterocycles. The van der Waals surface area contributed by atoms with Crippen LogP contribution in [-0.4, -0.2) is 28.2 Å². The van der Waals surface area contributed by atoms with E-state index in [1.807, 2.05) is 0 Å². The maximum atomic E-state index is 3.50. The normalized spacial score (nSPS) is 8.80. The van der Waals surface area contributed by atoms with Crippen molar-refractivity contribution in [3.63, 3.8) is 0 Å². The Morgan fingerprint density at radius 2 is 0.560 bits per heavy atom. The Kier molecular flexibility index (Phi) is 19.9. The topological polar surface area (TPSA) is 28.2 Å². The SMILES string of the molecule is C[N-]C.C[N-]C.Cc1[pH]c(C)c(C)c1C.Cc1[pH]c(C)c(C)c1C.[Zr+2]. The van der Waals surface area contributed by atoms with Crippen LogP contribution in [0, 0.1) is 55.4 Å². The van der Waals surface area contributed by atoms with E-state index in [1.54, 1.807) is 49.4 Å². The van der Waals surface area contributed by atoms with Crippen LogP contribution >= 0.6 is 16.4 Å². The number of aryl methyl sites for hydroxylation is 4. The summed E-state index contributed by atoms with van der Waals surface area (Å²) < 4.78 is 0. The number of hydrogen-bond acceptors (Lipinski definition) is 0. The zero-order valence-electron chi connectivity index (χ0n) is 18.4. The van der Waals surface area contributed by atoms with Crippen LogP contribution in [0.5, 0.6) is 0 Å². The average molecular weight is 460 g/mol. The van der Waals surface area contributed by atoms with Crippen molar-refractivity contribution in [3.05, 3.63) is 54.1 Å². The van der Waals surface area contributed by atoms with Crippen LogP contribution < -0.4 is 0 Å². The molecular weight excluding hydrogens is 421 g/mol. The Bertz CT molecular complexity index is 490. The van der Waals surface area contributed by atoms with E-state index in [0.29, 0.717) is 0 Å². The van der Waals surface area contributed by atoms with Gasteiger partial charge in [-0.2, -0.15) is 28.2 Å². The largest absolute Gasteiger partial charge is 2.00 e. The van der Waals surface area contributed by atoms with Crippen molar-refractivity contribution in [2.24, 2.45) is 0 Å². The summed E-state index contributed by atoms with van der Waals surface area (Å²) in [5.74, 6) is 0. The molecule has 0 saturated carbocycles. The van der Waals surface area contributed by atoms with Gasteiger partial charge < -0.3 is 10.6 Å². The van der Waals surface area contributed by atoms with Crippen molar-refractivity contribution in [1.82, 2.24) is 0 Å². The molecule has 0 atom stereocenters. The molecule has 0 aliphatic rings. The molecule has 0 fully saturated rings. The van der Waals surface area contributed by atoms with Gasteiger partial charge in [0, 0.05) is 0 Å². The molecule has 0 bridgehead atoms. The van der Waals surface area contributed by atoms with E-state index < -0.39 is 0 Å². The van der Waals surface area contributed by atoms with E-state index in [2.05, 4.69) is 66.0 Å². The molecule has 0 unspecified atom stereocenters. The van der Waals surface area contributed by atoms with Crippen LogP contribution in [-0.2, 0) is 26.2 Å². The molecular formula is C20H38N2P2Zr. The molecule has 0 aromatic carbocycles. The number of hydrogen-bond donors (Lipinski definition) is 0. The third-order valence-electron chi connectivity index (χ3n) is 4.12. The van der Waals surface area contributed by atoms with Gasteiger partial charge >= 0.3 is 26.2 Å². The van der Waals surface area contributed by atoms with Crippen molar-refractivity contribution in [3.8, 4) is 0 Å². The maximum Gasteiger partial charge on any atom is 2.00 e. The van der Waals surface area contributed by atoms with Crippen molar-refractivity contribution in [2.75, 3.05) is 28.2 Å². The Labute approximate surface area is 179 Å². The summed E-state index contributed by atoms with van der Waals surface area (Å²) in [4.78, 5) is 0. The van der Waals surface area contributed by atoms with Crippen LogP contribution in [0.4, 0.5) is 0 Å². The van der Waals surface area contributed by atoms with Gasteiger partial charge in [-0.1, -0.05) is 0 Å². The molecule has 2 heterocycles. The van der Waals surface area contributed by atoms with Crippen LogP contribution in [0.25, 0.3) is 10.6 Å². The third-order valence-corrected chi connectivity index (χ3v) is 7.12. The zero-order chi connectivity index (χ0) is 19.4. The van der Waals surface area contributed by atoms with E-state index in [1.165, 1.54) is 22.3 Å². The fourth-order valence-electron chi connectivity index (χ4n) is 2.06. The molecule has 0 N–H and O–H groups in total. The predicted octanol–water partition coefficient (Wildman–Crippen LogP) is 7.14. The molecule has 2 aromatic rings. The standard InChI is InChI=1S/2C8H13P.2C2H6N.Zr/c2*1-5-6(2)8(4)9-7(5)3;2*1-3-2;/h2*9H,1-4H3;2*1-2H3;/q;;2*-1;+2. The predicted molar refractivity (Wildman–Crippen MR) is 120 cm³/mol. The quantitative estimate of drug-likeness (QED) is 0.400. The molecule has 0 spiro atoms. The average Bonchev–Trinajstić information content (AvgIpc) is 2.86. The van der Waals surface area contributed by atoms with Crippen molar-refractivity contribution < 1.29 is 26.2 Å². The minimum absolute atomic E-state index is 0. The Hall–Kier alpha value is 0.363. The molecule has 2 aromatic heterocycles. The van der Waals surface area contributed by atoms with Gasteiger partial charge in [0.2, 0.25) is 0 Å². The number of rotatable bonds is 0. The van der Waals surface area contributed by atoms with E-state index in [-0.39, 0.29) is 26.2 Å². The third kappa shape index (κ3) is 11.6. The minimum atomic E-state index is 0. The second-order valence-electron chi connectivity index (χ2n) is 6.14. The van der Waals surface area contributed by atoms with Crippen LogP contribution in [0.1, 0.15) is 43.4 Å². The van der Waals surface area contributed by atoms with Gasteiger partial charge in [0.25, 0.3) is 0 Å². The first-order chi connectivity index (χ1) is 11.1. The summed E-state index contributed by atoms with van der Waals surface area (Å²) in [5.41, 5.74) is 6.08. The summed E-state index contributed by atoms with van der Waals surface area (Å²) in [7, 11) is 8.95. The molecule has 2 rings (SSSR count). The van der Waals surface area contributed by atoms with Gasteiger partial charge in [0.15, 0.2) is 0 Å². The molecule has 0 aliphatic heterocycles. The summed E-state index contributed by atoms with van der Waals surface area (Å²) >= 11 is 0. The summed E-state index contributed by atoms with van der Waals surface area (Å²) in [6.07, 6.45) is 0. The van der Waals surface area contributed by atoms with E-state index in [4.69, 9.17) is 0 Å². The fourth-order valence-corrected chi connectivity index (χ4v) is 4.69. The fraction of sp³-hybridized carbons (Fsp3) is 0.600. The van der Waals surface area contributed by atoms with Crippen molar-refractivity contribution >= 4 is 16.4 Å². The molecule has 2 nitrogen and oxygen atoms in total. The van der Waals surface area contributed by atoms with Gasteiger partial charge in [-0.25, -0.2) is 0 Å². The zero-order valence-corrected chi connectivity index (χ0v) is 22.9. The molecule has 5 heteroatoms. The van der Waals surface area contributed by atoms with Crippen LogP contribution in [0.15, 0.2) is 0 Å². The number of nitrogens with zero attached hydrogens (tertiary/aromatic N) is 2. The summed E-state index contributed by atoms with van der Waals surface area (Å²) in [6, 6.07) is 0. The summed E-state index contributed by atoms with van der Waals surface area (Å²) in [6.45, 7) is 17.8. The minimum Gasteiger partial charge on any atom is -0.668 e. The van der Waals surface area contributed by atoms with Gasteiger partial charge in [0.1, 0.15) is 0 Å². The monoisotopic (exact) mass is 458 g/mol. The summed E-state index contributed by atoms with van der Waals surface area (Å²) in [5, 5.41) is 13.3. The van der Waals surface area contributed by atoms with Gasteiger partial charge in [-0.05, 0) is 98.8 Å². The van der Waals surface area contributed by atoms with E-state index in [0.717, 1.165) is 16.4 Å². The van der Waals surface area contributed by atoms with Crippen molar-refractivity contribution in [1.29, 1.82) is 0 Å². The van der Waals surface area contributed by atoms with E-state index >= 15 is 0 Å².